The number of nitrogens with zero attached hydrogens (tertiary/aromatic N) is 1. The highest BCUT2D eigenvalue weighted by Gasteiger charge is 2.37. The van der Waals surface area contributed by atoms with E-state index in [4.69, 9.17) is 0 Å². The molecule has 1 aromatic carbocycles. The predicted octanol–water partition coefficient (Wildman–Crippen LogP) is 1.44. The zero-order valence-electron chi connectivity index (χ0n) is 11.0. The minimum absolute atomic E-state index is 0.365. The Labute approximate surface area is 107 Å². The van der Waals surface area contributed by atoms with Gasteiger partial charge in [-0.25, -0.2) is 0 Å². The topological polar surface area (TPSA) is 49.4 Å². The van der Waals surface area contributed by atoms with Gasteiger partial charge < -0.3 is 10.2 Å². The third-order valence-corrected chi connectivity index (χ3v) is 3.33. The van der Waals surface area contributed by atoms with Crippen LogP contribution in [0.15, 0.2) is 12.1 Å². The Hall–Kier alpha value is -1.68. The van der Waals surface area contributed by atoms with Crippen LogP contribution in [0.3, 0.4) is 0 Å². The molecule has 0 aliphatic carbocycles. The Morgan fingerprint density at radius 3 is 2.50 bits per heavy atom. The summed E-state index contributed by atoms with van der Waals surface area (Å²) in [5.41, 5.74) is 3.26. The van der Waals surface area contributed by atoms with E-state index < -0.39 is 5.91 Å². The molecule has 0 bridgehead atoms. The fourth-order valence-corrected chi connectivity index (χ4v) is 2.39. The normalized spacial score (nSPS) is 14.3. The molecule has 4 nitrogen and oxygen atoms in total. The number of rotatable bonds is 4. The van der Waals surface area contributed by atoms with Crippen molar-refractivity contribution in [1.29, 1.82) is 0 Å². The van der Waals surface area contributed by atoms with Crippen LogP contribution in [0.1, 0.15) is 27.9 Å². The SMILES string of the molecule is CNCCCN1C(=O)C(=O)c2c(C)ccc(C)c21. The molecule has 1 aromatic rings. The summed E-state index contributed by atoms with van der Waals surface area (Å²) in [7, 11) is 1.88. The Morgan fingerprint density at radius 1 is 1.17 bits per heavy atom. The molecule has 0 spiro atoms. The summed E-state index contributed by atoms with van der Waals surface area (Å²) >= 11 is 0. The molecule has 96 valence electrons. The monoisotopic (exact) mass is 246 g/mol. The molecule has 0 saturated heterocycles. The molecule has 1 aliphatic heterocycles. The van der Waals surface area contributed by atoms with Crippen molar-refractivity contribution in [1.82, 2.24) is 5.32 Å². The highest BCUT2D eigenvalue weighted by molar-refractivity contribution is 6.52. The number of ketones is 1. The number of aryl methyl sites for hydroxylation is 2. The van der Waals surface area contributed by atoms with Gasteiger partial charge in [0.05, 0.1) is 11.3 Å². The number of hydrogen-bond acceptors (Lipinski definition) is 3. The molecule has 0 radical (unpaired) electrons. The van der Waals surface area contributed by atoms with Crippen LogP contribution in [0.4, 0.5) is 5.69 Å². The van der Waals surface area contributed by atoms with E-state index >= 15 is 0 Å². The van der Waals surface area contributed by atoms with Crippen LogP contribution in [0, 0.1) is 13.8 Å². The Morgan fingerprint density at radius 2 is 1.83 bits per heavy atom. The molecule has 1 N–H and O–H groups in total. The van der Waals surface area contributed by atoms with Gasteiger partial charge in [0.2, 0.25) is 0 Å². The number of benzene rings is 1. The maximum absolute atomic E-state index is 12.0. The lowest BCUT2D eigenvalue weighted by atomic mass is 10.0. The average Bonchev–Trinajstić information content (AvgIpc) is 2.60. The summed E-state index contributed by atoms with van der Waals surface area (Å²) in [5.74, 6) is -0.755. The van der Waals surface area contributed by atoms with Gasteiger partial charge in [-0.3, -0.25) is 9.59 Å². The lowest BCUT2D eigenvalue weighted by molar-refractivity contribution is -0.114. The van der Waals surface area contributed by atoms with E-state index in [1.54, 1.807) is 4.90 Å². The fraction of sp³-hybridized carbons (Fsp3) is 0.429. The summed E-state index contributed by atoms with van der Waals surface area (Å²) < 4.78 is 0. The summed E-state index contributed by atoms with van der Waals surface area (Å²) in [6, 6.07) is 3.86. The van der Waals surface area contributed by atoms with E-state index in [0.29, 0.717) is 12.1 Å². The van der Waals surface area contributed by atoms with Gasteiger partial charge in [-0.15, -0.1) is 0 Å². The number of nitrogens with one attached hydrogen (secondary N) is 1. The fourth-order valence-electron chi connectivity index (χ4n) is 2.39. The third kappa shape index (κ3) is 1.93. The van der Waals surface area contributed by atoms with Crippen LogP contribution in [0.25, 0.3) is 0 Å². The highest BCUT2D eigenvalue weighted by Crippen LogP contribution is 2.34. The number of hydrogen-bond donors (Lipinski definition) is 1. The first-order chi connectivity index (χ1) is 8.57. The molecular weight excluding hydrogens is 228 g/mol. The lowest BCUT2D eigenvalue weighted by Crippen LogP contribution is -2.32. The van der Waals surface area contributed by atoms with Crippen LogP contribution in [0.5, 0.6) is 0 Å². The van der Waals surface area contributed by atoms with E-state index in [2.05, 4.69) is 5.32 Å². The zero-order chi connectivity index (χ0) is 13.3. The first kappa shape index (κ1) is 12.8. The van der Waals surface area contributed by atoms with Gasteiger partial charge in [-0.1, -0.05) is 12.1 Å². The van der Waals surface area contributed by atoms with E-state index in [1.165, 1.54) is 0 Å². The van der Waals surface area contributed by atoms with E-state index in [9.17, 15) is 9.59 Å². The second kappa shape index (κ2) is 4.90. The first-order valence-corrected chi connectivity index (χ1v) is 6.19. The molecule has 4 heteroatoms. The Kier molecular flexibility index (Phi) is 3.48. The van der Waals surface area contributed by atoms with Crippen LogP contribution in [0.2, 0.25) is 0 Å². The van der Waals surface area contributed by atoms with E-state index in [1.807, 2.05) is 33.0 Å². The van der Waals surface area contributed by atoms with Crippen molar-refractivity contribution in [3.05, 3.63) is 28.8 Å². The molecule has 1 heterocycles. The summed E-state index contributed by atoms with van der Waals surface area (Å²) in [4.78, 5) is 25.6. The summed E-state index contributed by atoms with van der Waals surface area (Å²) in [6.45, 7) is 5.23. The number of Topliss-reactive ketones (excluding diaryl/α,β-unsaturated/α-hetero) is 1. The van der Waals surface area contributed by atoms with Gasteiger partial charge >= 0.3 is 0 Å². The van der Waals surface area contributed by atoms with Crippen molar-refractivity contribution < 1.29 is 9.59 Å². The van der Waals surface area contributed by atoms with Crippen molar-refractivity contribution in [2.75, 3.05) is 25.0 Å². The van der Waals surface area contributed by atoms with Crippen molar-refractivity contribution in [2.45, 2.75) is 20.3 Å². The molecule has 1 amide bonds. The number of anilines is 1. The number of amides is 1. The largest absolute Gasteiger partial charge is 0.320 e. The molecule has 0 atom stereocenters. The summed E-state index contributed by atoms with van der Waals surface area (Å²) in [6.07, 6.45) is 0.836. The second-order valence-corrected chi connectivity index (χ2v) is 4.67. The predicted molar refractivity (Wildman–Crippen MR) is 71.1 cm³/mol. The molecule has 1 aliphatic rings. The van der Waals surface area contributed by atoms with E-state index in [0.717, 1.165) is 29.8 Å². The second-order valence-electron chi connectivity index (χ2n) is 4.67. The van der Waals surface area contributed by atoms with Gasteiger partial charge in [0, 0.05) is 6.54 Å². The van der Waals surface area contributed by atoms with Gasteiger partial charge in [-0.05, 0) is 45.0 Å². The minimum atomic E-state index is -0.390. The smallest absolute Gasteiger partial charge is 0.299 e. The van der Waals surface area contributed by atoms with Gasteiger partial charge in [0.1, 0.15) is 0 Å². The molecule has 0 saturated carbocycles. The third-order valence-electron chi connectivity index (χ3n) is 3.33. The Bertz CT molecular complexity index is 509. The lowest BCUT2D eigenvalue weighted by Gasteiger charge is -2.18. The average molecular weight is 246 g/mol. The van der Waals surface area contributed by atoms with Crippen molar-refractivity contribution in [3.63, 3.8) is 0 Å². The van der Waals surface area contributed by atoms with Gasteiger partial charge in [0.25, 0.3) is 11.7 Å². The number of fused-ring (bicyclic) bond motifs is 1. The highest BCUT2D eigenvalue weighted by atomic mass is 16.2. The van der Waals surface area contributed by atoms with Crippen LogP contribution < -0.4 is 10.2 Å². The minimum Gasteiger partial charge on any atom is -0.320 e. The van der Waals surface area contributed by atoms with Crippen molar-refractivity contribution in [2.24, 2.45) is 0 Å². The molecular formula is C14H18N2O2. The number of carbonyl (C=O) groups is 2. The molecule has 0 unspecified atom stereocenters. The standard InChI is InChI=1S/C14H18N2O2/c1-9-5-6-10(2)12-11(9)13(17)14(18)16(12)8-4-7-15-3/h5-6,15H,4,7-8H2,1-3H3. The molecule has 2 rings (SSSR count). The quantitative estimate of drug-likeness (QED) is 0.646. The number of carbonyl (C=O) groups excluding carboxylic acids is 2. The maximum Gasteiger partial charge on any atom is 0.299 e. The van der Waals surface area contributed by atoms with Crippen molar-refractivity contribution in [3.8, 4) is 0 Å². The maximum atomic E-state index is 12.0. The van der Waals surface area contributed by atoms with Gasteiger partial charge in [0.15, 0.2) is 0 Å². The molecule has 0 aromatic heterocycles. The van der Waals surface area contributed by atoms with Crippen LogP contribution in [-0.2, 0) is 4.79 Å². The Balaban J connectivity index is 2.39. The molecule has 18 heavy (non-hydrogen) atoms. The van der Waals surface area contributed by atoms with Crippen LogP contribution in [-0.4, -0.2) is 31.8 Å². The van der Waals surface area contributed by atoms with E-state index in [-0.39, 0.29) is 5.78 Å². The molecule has 0 fully saturated rings. The summed E-state index contributed by atoms with van der Waals surface area (Å²) in [5, 5.41) is 3.04. The zero-order valence-corrected chi connectivity index (χ0v) is 11.0. The first-order valence-electron chi connectivity index (χ1n) is 6.19. The van der Waals surface area contributed by atoms with Crippen LogP contribution >= 0.6 is 0 Å². The van der Waals surface area contributed by atoms with Gasteiger partial charge in [-0.2, -0.15) is 0 Å². The van der Waals surface area contributed by atoms with Crippen molar-refractivity contribution >= 4 is 17.4 Å².